The summed E-state index contributed by atoms with van der Waals surface area (Å²) in [6, 6.07) is 4.80. The zero-order chi connectivity index (χ0) is 12.4. The van der Waals surface area contributed by atoms with Gasteiger partial charge in [-0.25, -0.2) is 9.37 Å². The van der Waals surface area contributed by atoms with E-state index in [2.05, 4.69) is 9.97 Å². The van der Waals surface area contributed by atoms with Crippen LogP contribution < -0.4 is 4.90 Å². The van der Waals surface area contributed by atoms with Crippen LogP contribution in [0, 0.1) is 5.82 Å². The van der Waals surface area contributed by atoms with Crippen LogP contribution in [-0.2, 0) is 0 Å². The number of rotatable bonds is 2. The van der Waals surface area contributed by atoms with Crippen molar-refractivity contribution in [2.24, 2.45) is 0 Å². The van der Waals surface area contributed by atoms with Gasteiger partial charge in [0.25, 0.3) is 0 Å². The van der Waals surface area contributed by atoms with Crippen molar-refractivity contribution >= 4 is 17.3 Å². The minimum atomic E-state index is -0.421. The van der Waals surface area contributed by atoms with E-state index >= 15 is 0 Å². The van der Waals surface area contributed by atoms with Gasteiger partial charge in [-0.3, -0.25) is 4.98 Å². The lowest BCUT2D eigenvalue weighted by Gasteiger charge is -2.12. The Kier molecular flexibility index (Phi) is 3.24. The largest absolute Gasteiger partial charge is 0.376 e. The molecule has 0 atom stereocenters. The number of halogens is 2. The van der Waals surface area contributed by atoms with Crippen LogP contribution in [0.25, 0.3) is 11.3 Å². The van der Waals surface area contributed by atoms with Crippen molar-refractivity contribution < 1.29 is 4.39 Å². The van der Waals surface area contributed by atoms with Crippen LogP contribution in [0.5, 0.6) is 0 Å². The predicted octanol–water partition coefficient (Wildman–Crippen LogP) is 3.00. The van der Waals surface area contributed by atoms with E-state index < -0.39 is 5.82 Å². The van der Waals surface area contributed by atoms with E-state index in [1.54, 1.807) is 12.3 Å². The third-order valence-electron chi connectivity index (χ3n) is 2.36. The predicted molar refractivity (Wildman–Crippen MR) is 66.8 cm³/mol. The van der Waals surface area contributed by atoms with Crippen LogP contribution in [0.2, 0.25) is 5.15 Å². The van der Waals surface area contributed by atoms with E-state index in [0.717, 1.165) is 5.69 Å². The van der Waals surface area contributed by atoms with Gasteiger partial charge in [-0.05, 0) is 12.1 Å². The van der Waals surface area contributed by atoms with Crippen molar-refractivity contribution in [3.05, 3.63) is 41.6 Å². The van der Waals surface area contributed by atoms with E-state index in [-0.39, 0.29) is 5.15 Å². The number of hydrogen-bond donors (Lipinski definition) is 0. The van der Waals surface area contributed by atoms with Gasteiger partial charge in [0.15, 0.2) is 0 Å². The Morgan fingerprint density at radius 1 is 1.18 bits per heavy atom. The molecule has 0 fully saturated rings. The second-order valence-corrected chi connectivity index (χ2v) is 4.17. The lowest BCUT2D eigenvalue weighted by Crippen LogP contribution is -2.08. The number of nitrogens with zero attached hydrogens (tertiary/aromatic N) is 3. The van der Waals surface area contributed by atoms with Crippen LogP contribution in [0.1, 0.15) is 0 Å². The van der Waals surface area contributed by atoms with E-state index in [9.17, 15) is 4.39 Å². The zero-order valence-corrected chi connectivity index (χ0v) is 10.2. The van der Waals surface area contributed by atoms with Gasteiger partial charge in [0, 0.05) is 26.4 Å². The molecular weight excluding hydrogens is 241 g/mol. The second kappa shape index (κ2) is 4.67. The molecule has 5 heteroatoms. The highest BCUT2D eigenvalue weighted by atomic mass is 35.5. The van der Waals surface area contributed by atoms with Crippen LogP contribution in [-0.4, -0.2) is 24.1 Å². The maximum Gasteiger partial charge on any atom is 0.137 e. The van der Waals surface area contributed by atoms with Crippen LogP contribution in [0.4, 0.5) is 10.1 Å². The standard InChI is InChI=1S/C12H11ClFN3/c1-17(2)8-3-4-11(15-6-8)9-7-16-12(13)5-10(9)14/h3-7H,1-2H3. The van der Waals surface area contributed by atoms with Gasteiger partial charge in [-0.2, -0.15) is 0 Å². The number of pyridine rings is 2. The maximum atomic E-state index is 13.6. The Morgan fingerprint density at radius 2 is 1.94 bits per heavy atom. The third-order valence-corrected chi connectivity index (χ3v) is 2.57. The quantitative estimate of drug-likeness (QED) is 0.769. The summed E-state index contributed by atoms with van der Waals surface area (Å²) in [7, 11) is 3.84. The molecule has 17 heavy (non-hydrogen) atoms. The van der Waals surface area contributed by atoms with Crippen molar-refractivity contribution in [1.82, 2.24) is 9.97 Å². The maximum absolute atomic E-state index is 13.6. The normalized spacial score (nSPS) is 10.4. The Balaban J connectivity index is 2.40. The fourth-order valence-electron chi connectivity index (χ4n) is 1.41. The van der Waals surface area contributed by atoms with Crippen molar-refractivity contribution in [3.63, 3.8) is 0 Å². The molecule has 0 saturated carbocycles. The van der Waals surface area contributed by atoms with Gasteiger partial charge in [-0.1, -0.05) is 11.6 Å². The number of aromatic nitrogens is 2. The summed E-state index contributed by atoms with van der Waals surface area (Å²) in [6.45, 7) is 0. The monoisotopic (exact) mass is 251 g/mol. The van der Waals surface area contributed by atoms with Gasteiger partial charge >= 0.3 is 0 Å². The number of hydrogen-bond acceptors (Lipinski definition) is 3. The van der Waals surface area contributed by atoms with Crippen molar-refractivity contribution in [3.8, 4) is 11.3 Å². The molecule has 0 spiro atoms. The summed E-state index contributed by atoms with van der Waals surface area (Å²) in [5.41, 5.74) is 1.84. The van der Waals surface area contributed by atoms with Crippen molar-refractivity contribution in [2.45, 2.75) is 0 Å². The minimum absolute atomic E-state index is 0.135. The van der Waals surface area contributed by atoms with E-state index in [0.29, 0.717) is 11.3 Å². The van der Waals surface area contributed by atoms with Crippen LogP contribution in [0.3, 0.4) is 0 Å². The Hall–Kier alpha value is -1.68. The lowest BCUT2D eigenvalue weighted by atomic mass is 10.2. The van der Waals surface area contributed by atoms with Gasteiger partial charge < -0.3 is 4.90 Å². The first-order valence-corrected chi connectivity index (χ1v) is 5.40. The van der Waals surface area contributed by atoms with Gasteiger partial charge in [0.2, 0.25) is 0 Å². The summed E-state index contributed by atoms with van der Waals surface area (Å²) in [5, 5.41) is 0.135. The number of anilines is 1. The van der Waals surface area contributed by atoms with Crippen molar-refractivity contribution in [2.75, 3.05) is 19.0 Å². The molecule has 0 radical (unpaired) electrons. The lowest BCUT2D eigenvalue weighted by molar-refractivity contribution is 0.628. The molecule has 0 aromatic carbocycles. The minimum Gasteiger partial charge on any atom is -0.376 e. The summed E-state index contributed by atoms with van der Waals surface area (Å²) >= 11 is 5.59. The zero-order valence-electron chi connectivity index (χ0n) is 9.48. The Labute approximate surface area is 104 Å². The SMILES string of the molecule is CN(C)c1ccc(-c2cnc(Cl)cc2F)nc1. The summed E-state index contributed by atoms with van der Waals surface area (Å²) < 4.78 is 13.6. The molecule has 0 aliphatic heterocycles. The molecule has 0 bridgehead atoms. The smallest absolute Gasteiger partial charge is 0.137 e. The molecule has 0 amide bonds. The Bertz CT molecular complexity index is 526. The first-order chi connectivity index (χ1) is 8.08. The van der Waals surface area contributed by atoms with E-state index in [4.69, 9.17) is 11.6 Å². The highest BCUT2D eigenvalue weighted by Crippen LogP contribution is 2.23. The molecular formula is C12H11ClFN3. The molecule has 88 valence electrons. The Morgan fingerprint density at radius 3 is 2.47 bits per heavy atom. The first-order valence-electron chi connectivity index (χ1n) is 5.02. The molecule has 0 unspecified atom stereocenters. The van der Waals surface area contributed by atoms with Gasteiger partial charge in [0.05, 0.1) is 23.1 Å². The fraction of sp³-hybridized carbons (Fsp3) is 0.167. The fourth-order valence-corrected chi connectivity index (χ4v) is 1.55. The second-order valence-electron chi connectivity index (χ2n) is 3.78. The topological polar surface area (TPSA) is 29.0 Å². The van der Waals surface area contributed by atoms with Crippen LogP contribution in [0.15, 0.2) is 30.6 Å². The molecule has 0 aliphatic carbocycles. The molecule has 3 nitrogen and oxygen atoms in total. The summed E-state index contributed by atoms with van der Waals surface area (Å²) in [6.07, 6.45) is 3.07. The molecule has 0 saturated heterocycles. The molecule has 2 heterocycles. The molecule has 2 aromatic rings. The molecule has 2 aromatic heterocycles. The van der Waals surface area contributed by atoms with E-state index in [1.165, 1.54) is 12.3 Å². The highest BCUT2D eigenvalue weighted by Gasteiger charge is 2.08. The highest BCUT2D eigenvalue weighted by molar-refractivity contribution is 6.29. The average Bonchev–Trinajstić information content (AvgIpc) is 2.29. The van der Waals surface area contributed by atoms with Crippen LogP contribution >= 0.6 is 11.6 Å². The molecule has 0 N–H and O–H groups in total. The van der Waals surface area contributed by atoms with Gasteiger partial charge in [0.1, 0.15) is 11.0 Å². The molecule has 2 rings (SSSR count). The van der Waals surface area contributed by atoms with Crippen molar-refractivity contribution in [1.29, 1.82) is 0 Å². The third kappa shape index (κ3) is 2.53. The van der Waals surface area contributed by atoms with E-state index in [1.807, 2.05) is 25.1 Å². The van der Waals surface area contributed by atoms with Gasteiger partial charge in [-0.15, -0.1) is 0 Å². The summed E-state index contributed by atoms with van der Waals surface area (Å²) in [5.74, 6) is -0.421. The summed E-state index contributed by atoms with van der Waals surface area (Å²) in [4.78, 5) is 9.97. The average molecular weight is 252 g/mol. The first kappa shape index (κ1) is 11.8. The molecule has 0 aliphatic rings.